The van der Waals surface area contributed by atoms with E-state index in [-0.39, 0.29) is 12.3 Å². The topological polar surface area (TPSA) is 72.2 Å². The second-order valence-electron chi connectivity index (χ2n) is 4.36. The Morgan fingerprint density at radius 2 is 1.90 bits per heavy atom. The Morgan fingerprint density at radius 1 is 1.20 bits per heavy atom. The smallest absolute Gasteiger partial charge is 0.252 e. The highest BCUT2D eigenvalue weighted by molar-refractivity contribution is 6.08. The van der Waals surface area contributed by atoms with Gasteiger partial charge in [-0.3, -0.25) is 9.59 Å². The fraction of sp³-hybridized carbons (Fsp3) is 0.125. The molecule has 3 N–H and O–H groups in total. The van der Waals surface area contributed by atoms with Crippen LogP contribution < -0.4 is 11.1 Å². The zero-order chi connectivity index (χ0) is 14.5. The lowest BCUT2D eigenvalue weighted by Crippen LogP contribution is -2.44. The van der Waals surface area contributed by atoms with Crippen molar-refractivity contribution in [2.24, 2.45) is 5.73 Å². The van der Waals surface area contributed by atoms with E-state index in [1.807, 2.05) is 30.3 Å². The average Bonchev–Trinajstić information content (AvgIpc) is 2.46. The van der Waals surface area contributed by atoms with Crippen LogP contribution in [-0.2, 0) is 4.79 Å². The zero-order valence-electron chi connectivity index (χ0n) is 10.8. The van der Waals surface area contributed by atoms with Crippen molar-refractivity contribution < 1.29 is 9.59 Å². The molecule has 0 fully saturated rings. The van der Waals surface area contributed by atoms with Gasteiger partial charge in [0.05, 0.1) is 0 Å². The van der Waals surface area contributed by atoms with Crippen LogP contribution in [0.25, 0.3) is 10.8 Å². The van der Waals surface area contributed by atoms with Crippen molar-refractivity contribution in [2.75, 3.05) is 0 Å². The number of terminal acetylenes is 1. The van der Waals surface area contributed by atoms with Gasteiger partial charge in [0.15, 0.2) is 0 Å². The maximum absolute atomic E-state index is 12.3. The van der Waals surface area contributed by atoms with Crippen LogP contribution in [0.1, 0.15) is 16.8 Å². The number of nitrogens with one attached hydrogen (secondary N) is 1. The summed E-state index contributed by atoms with van der Waals surface area (Å²) in [7, 11) is 0. The van der Waals surface area contributed by atoms with E-state index < -0.39 is 11.9 Å². The van der Waals surface area contributed by atoms with Gasteiger partial charge in [-0.05, 0) is 16.8 Å². The molecule has 2 aromatic carbocycles. The first-order chi connectivity index (χ1) is 9.63. The third-order valence-corrected chi connectivity index (χ3v) is 3.01. The minimum absolute atomic E-state index is 0.0752. The lowest BCUT2D eigenvalue weighted by Gasteiger charge is -2.13. The lowest BCUT2D eigenvalue weighted by atomic mass is 10.0. The molecule has 0 bridgehead atoms. The van der Waals surface area contributed by atoms with Crippen molar-refractivity contribution >= 4 is 22.6 Å². The van der Waals surface area contributed by atoms with E-state index in [0.717, 1.165) is 10.8 Å². The fourth-order valence-corrected chi connectivity index (χ4v) is 2.00. The Morgan fingerprint density at radius 3 is 2.60 bits per heavy atom. The summed E-state index contributed by atoms with van der Waals surface area (Å²) in [5.74, 6) is 1.33. The molecule has 0 aliphatic rings. The number of rotatable bonds is 4. The predicted molar refractivity (Wildman–Crippen MR) is 77.8 cm³/mol. The summed E-state index contributed by atoms with van der Waals surface area (Å²) in [6, 6.07) is 12.1. The molecule has 4 heteroatoms. The maximum Gasteiger partial charge on any atom is 0.252 e. The molecule has 1 atom stereocenters. The zero-order valence-corrected chi connectivity index (χ0v) is 10.8. The molecule has 20 heavy (non-hydrogen) atoms. The van der Waals surface area contributed by atoms with E-state index in [1.54, 1.807) is 12.1 Å². The summed E-state index contributed by atoms with van der Waals surface area (Å²) in [6.07, 6.45) is 5.24. The van der Waals surface area contributed by atoms with Crippen LogP contribution >= 0.6 is 0 Å². The molecule has 100 valence electrons. The van der Waals surface area contributed by atoms with Crippen LogP contribution in [0, 0.1) is 12.3 Å². The molecule has 2 amide bonds. The first kappa shape index (κ1) is 13.6. The number of amides is 2. The molecule has 0 heterocycles. The standard InChI is InChI=1S/C16H14N2O2/c1-2-6-14(15(17)19)18-16(20)13-10-5-8-11-7-3-4-9-12(11)13/h1,3-5,7-10,14H,6H2,(H2,17,19)(H,18,20)/t14-/m0/s1. The van der Waals surface area contributed by atoms with Gasteiger partial charge in [0.25, 0.3) is 5.91 Å². The van der Waals surface area contributed by atoms with Gasteiger partial charge in [-0.1, -0.05) is 36.4 Å². The van der Waals surface area contributed by atoms with Gasteiger partial charge >= 0.3 is 0 Å². The van der Waals surface area contributed by atoms with Gasteiger partial charge in [0, 0.05) is 12.0 Å². The molecule has 4 nitrogen and oxygen atoms in total. The lowest BCUT2D eigenvalue weighted by molar-refractivity contribution is -0.119. The van der Waals surface area contributed by atoms with Crippen molar-refractivity contribution in [3.63, 3.8) is 0 Å². The molecule has 0 radical (unpaired) electrons. The summed E-state index contributed by atoms with van der Waals surface area (Å²) in [4.78, 5) is 23.5. The molecule has 0 saturated carbocycles. The van der Waals surface area contributed by atoms with Crippen LogP contribution in [0.4, 0.5) is 0 Å². The van der Waals surface area contributed by atoms with Crippen LogP contribution in [0.15, 0.2) is 42.5 Å². The summed E-state index contributed by atoms with van der Waals surface area (Å²) in [5.41, 5.74) is 5.70. The predicted octanol–water partition coefficient (Wildman–Crippen LogP) is 1.45. The number of primary amides is 1. The number of benzene rings is 2. The Kier molecular flexibility index (Phi) is 4.02. The maximum atomic E-state index is 12.3. The van der Waals surface area contributed by atoms with Gasteiger partial charge in [-0.2, -0.15) is 0 Å². The molecule has 2 aromatic rings. The first-order valence-corrected chi connectivity index (χ1v) is 6.15. The van der Waals surface area contributed by atoms with Crippen LogP contribution in [0.5, 0.6) is 0 Å². The minimum Gasteiger partial charge on any atom is -0.368 e. The first-order valence-electron chi connectivity index (χ1n) is 6.15. The van der Waals surface area contributed by atoms with Crippen LogP contribution in [0.2, 0.25) is 0 Å². The second-order valence-corrected chi connectivity index (χ2v) is 4.36. The van der Waals surface area contributed by atoms with Gasteiger partial charge in [0.1, 0.15) is 6.04 Å². The molecule has 0 aliphatic carbocycles. The second kappa shape index (κ2) is 5.89. The van der Waals surface area contributed by atoms with E-state index in [1.165, 1.54) is 0 Å². The highest BCUT2D eigenvalue weighted by Gasteiger charge is 2.18. The van der Waals surface area contributed by atoms with Crippen molar-refractivity contribution in [3.8, 4) is 12.3 Å². The number of hydrogen-bond donors (Lipinski definition) is 2. The van der Waals surface area contributed by atoms with E-state index in [4.69, 9.17) is 12.2 Å². The number of nitrogens with two attached hydrogens (primary N) is 1. The van der Waals surface area contributed by atoms with Crippen molar-refractivity contribution in [3.05, 3.63) is 48.0 Å². The van der Waals surface area contributed by atoms with Gasteiger partial charge < -0.3 is 11.1 Å². The average molecular weight is 266 g/mol. The summed E-state index contributed by atoms with van der Waals surface area (Å²) in [6.45, 7) is 0. The van der Waals surface area contributed by atoms with Crippen molar-refractivity contribution in [2.45, 2.75) is 12.5 Å². The van der Waals surface area contributed by atoms with E-state index in [0.29, 0.717) is 5.56 Å². The van der Waals surface area contributed by atoms with Crippen molar-refractivity contribution in [1.82, 2.24) is 5.32 Å². The monoisotopic (exact) mass is 266 g/mol. The van der Waals surface area contributed by atoms with Gasteiger partial charge in [0.2, 0.25) is 5.91 Å². The molecular weight excluding hydrogens is 252 g/mol. The van der Waals surface area contributed by atoms with Crippen molar-refractivity contribution in [1.29, 1.82) is 0 Å². The number of fused-ring (bicyclic) bond motifs is 1. The quantitative estimate of drug-likeness (QED) is 0.822. The van der Waals surface area contributed by atoms with E-state index in [2.05, 4.69) is 11.2 Å². The van der Waals surface area contributed by atoms with Gasteiger partial charge in [-0.25, -0.2) is 0 Å². The Hall–Kier alpha value is -2.80. The highest BCUT2D eigenvalue weighted by atomic mass is 16.2. The van der Waals surface area contributed by atoms with Gasteiger partial charge in [-0.15, -0.1) is 12.3 Å². The summed E-state index contributed by atoms with van der Waals surface area (Å²) < 4.78 is 0. The molecular formula is C16H14N2O2. The number of carbonyl (C=O) groups excluding carboxylic acids is 2. The molecule has 0 aromatic heterocycles. The molecule has 0 aliphatic heterocycles. The number of hydrogen-bond acceptors (Lipinski definition) is 2. The summed E-state index contributed by atoms with van der Waals surface area (Å²) >= 11 is 0. The van der Waals surface area contributed by atoms with E-state index >= 15 is 0 Å². The number of carbonyl (C=O) groups is 2. The molecule has 0 saturated heterocycles. The third-order valence-electron chi connectivity index (χ3n) is 3.01. The Labute approximate surface area is 117 Å². The highest BCUT2D eigenvalue weighted by Crippen LogP contribution is 2.18. The minimum atomic E-state index is -0.855. The van der Waals surface area contributed by atoms with Crippen LogP contribution in [-0.4, -0.2) is 17.9 Å². The molecule has 0 spiro atoms. The third kappa shape index (κ3) is 2.78. The fourth-order valence-electron chi connectivity index (χ4n) is 2.00. The summed E-state index contributed by atoms with van der Waals surface area (Å²) in [5, 5.41) is 4.34. The van der Waals surface area contributed by atoms with Crippen LogP contribution in [0.3, 0.4) is 0 Å². The Balaban J connectivity index is 2.32. The molecule has 0 unspecified atom stereocenters. The normalized spacial score (nSPS) is 11.6. The molecule has 2 rings (SSSR count). The Bertz CT molecular complexity index is 696. The van der Waals surface area contributed by atoms with E-state index in [9.17, 15) is 9.59 Å². The largest absolute Gasteiger partial charge is 0.368 e. The SMILES string of the molecule is C#CC[C@H](NC(=O)c1cccc2ccccc12)C(N)=O.